The van der Waals surface area contributed by atoms with Crippen molar-refractivity contribution in [3.05, 3.63) is 90.3 Å². The molecule has 148 valence electrons. The highest BCUT2D eigenvalue weighted by Crippen LogP contribution is 2.17. The third kappa shape index (κ3) is 6.69. The number of nitrogens with zero attached hydrogens (tertiary/aromatic N) is 2. The maximum atomic E-state index is 11.3. The SMILES string of the molecule is CC(=O)Nc1cccc(NC(=S)N(CCc2ccccc2)Cc2cccnc2)c1. The number of carbonyl (C=O) groups is 1. The molecule has 0 spiro atoms. The molecule has 0 saturated carbocycles. The smallest absolute Gasteiger partial charge is 0.221 e. The normalized spacial score (nSPS) is 10.2. The second kappa shape index (κ2) is 10.3. The molecule has 6 heteroatoms. The number of rotatable bonds is 7. The zero-order valence-electron chi connectivity index (χ0n) is 16.3. The molecule has 0 unspecified atom stereocenters. The Balaban J connectivity index is 1.71. The minimum atomic E-state index is -0.106. The summed E-state index contributed by atoms with van der Waals surface area (Å²) in [6.07, 6.45) is 4.51. The number of amides is 1. The average Bonchev–Trinajstić information content (AvgIpc) is 2.72. The molecule has 0 aliphatic rings. The summed E-state index contributed by atoms with van der Waals surface area (Å²) in [5, 5.41) is 6.72. The Bertz CT molecular complexity index is 947. The van der Waals surface area contributed by atoms with Crippen molar-refractivity contribution >= 4 is 34.6 Å². The van der Waals surface area contributed by atoms with E-state index < -0.39 is 0 Å². The van der Waals surface area contributed by atoms with Crippen LogP contribution in [-0.4, -0.2) is 27.4 Å². The van der Waals surface area contributed by atoms with Gasteiger partial charge in [-0.05, 0) is 54.0 Å². The van der Waals surface area contributed by atoms with E-state index in [9.17, 15) is 4.79 Å². The van der Waals surface area contributed by atoms with Gasteiger partial charge in [0.1, 0.15) is 0 Å². The number of benzene rings is 2. The highest BCUT2D eigenvalue weighted by Gasteiger charge is 2.12. The molecule has 0 fully saturated rings. The Morgan fingerprint density at radius 3 is 2.38 bits per heavy atom. The Kier molecular flexibility index (Phi) is 7.30. The Morgan fingerprint density at radius 1 is 0.966 bits per heavy atom. The van der Waals surface area contributed by atoms with Crippen LogP contribution in [0.4, 0.5) is 11.4 Å². The summed E-state index contributed by atoms with van der Waals surface area (Å²) >= 11 is 5.71. The van der Waals surface area contributed by atoms with E-state index in [-0.39, 0.29) is 5.91 Å². The summed E-state index contributed by atoms with van der Waals surface area (Å²) in [7, 11) is 0. The van der Waals surface area contributed by atoms with Crippen LogP contribution < -0.4 is 10.6 Å². The lowest BCUT2D eigenvalue weighted by molar-refractivity contribution is -0.114. The first kappa shape index (κ1) is 20.5. The van der Waals surface area contributed by atoms with Crippen LogP contribution in [0.3, 0.4) is 0 Å². The molecular formula is C23H24N4OS. The molecule has 2 aromatic carbocycles. The van der Waals surface area contributed by atoms with Crippen LogP contribution in [0, 0.1) is 0 Å². The van der Waals surface area contributed by atoms with Crippen molar-refractivity contribution in [3.63, 3.8) is 0 Å². The number of carbonyl (C=O) groups excluding carboxylic acids is 1. The van der Waals surface area contributed by atoms with E-state index in [2.05, 4.69) is 32.7 Å². The monoisotopic (exact) mass is 404 g/mol. The zero-order valence-corrected chi connectivity index (χ0v) is 17.2. The quantitative estimate of drug-likeness (QED) is 0.569. The first-order valence-corrected chi connectivity index (χ1v) is 9.87. The van der Waals surface area contributed by atoms with Gasteiger partial charge in [-0.15, -0.1) is 0 Å². The number of hydrogen-bond acceptors (Lipinski definition) is 3. The number of hydrogen-bond donors (Lipinski definition) is 2. The van der Waals surface area contributed by atoms with Crippen molar-refractivity contribution < 1.29 is 4.79 Å². The van der Waals surface area contributed by atoms with E-state index >= 15 is 0 Å². The molecule has 1 amide bonds. The summed E-state index contributed by atoms with van der Waals surface area (Å²) < 4.78 is 0. The summed E-state index contributed by atoms with van der Waals surface area (Å²) in [5.41, 5.74) is 3.92. The molecule has 0 aliphatic heterocycles. The highest BCUT2D eigenvalue weighted by molar-refractivity contribution is 7.80. The topological polar surface area (TPSA) is 57.3 Å². The maximum absolute atomic E-state index is 11.3. The van der Waals surface area contributed by atoms with Crippen molar-refractivity contribution in [2.75, 3.05) is 17.2 Å². The lowest BCUT2D eigenvalue weighted by atomic mass is 10.1. The van der Waals surface area contributed by atoms with Gasteiger partial charge < -0.3 is 15.5 Å². The molecule has 1 heterocycles. The van der Waals surface area contributed by atoms with Crippen LogP contribution in [0.25, 0.3) is 0 Å². The predicted octanol–water partition coefficient (Wildman–Crippen LogP) is 4.48. The van der Waals surface area contributed by atoms with Gasteiger partial charge in [-0.25, -0.2) is 0 Å². The summed E-state index contributed by atoms with van der Waals surface area (Å²) in [4.78, 5) is 17.6. The summed E-state index contributed by atoms with van der Waals surface area (Å²) in [6, 6.07) is 21.8. The Labute approximate surface area is 176 Å². The van der Waals surface area contributed by atoms with E-state index in [1.807, 2.05) is 60.8 Å². The highest BCUT2D eigenvalue weighted by atomic mass is 32.1. The van der Waals surface area contributed by atoms with Gasteiger partial charge in [0.15, 0.2) is 5.11 Å². The van der Waals surface area contributed by atoms with Gasteiger partial charge in [0.25, 0.3) is 0 Å². The van der Waals surface area contributed by atoms with Gasteiger partial charge in [0, 0.05) is 43.8 Å². The van der Waals surface area contributed by atoms with Crippen LogP contribution in [0.2, 0.25) is 0 Å². The fourth-order valence-electron chi connectivity index (χ4n) is 2.95. The lowest BCUT2D eigenvalue weighted by Gasteiger charge is -2.26. The van der Waals surface area contributed by atoms with Gasteiger partial charge in [0.05, 0.1) is 0 Å². The van der Waals surface area contributed by atoms with Crippen LogP contribution in [0.5, 0.6) is 0 Å². The molecular weight excluding hydrogens is 380 g/mol. The van der Waals surface area contributed by atoms with Crippen molar-refractivity contribution in [3.8, 4) is 0 Å². The minimum Gasteiger partial charge on any atom is -0.344 e. The fourth-order valence-corrected chi connectivity index (χ4v) is 3.23. The van der Waals surface area contributed by atoms with E-state index in [1.165, 1.54) is 12.5 Å². The molecule has 29 heavy (non-hydrogen) atoms. The van der Waals surface area contributed by atoms with Crippen molar-refractivity contribution in [2.24, 2.45) is 0 Å². The zero-order chi connectivity index (χ0) is 20.5. The Morgan fingerprint density at radius 2 is 1.69 bits per heavy atom. The van der Waals surface area contributed by atoms with Crippen molar-refractivity contribution in [1.82, 2.24) is 9.88 Å². The largest absolute Gasteiger partial charge is 0.344 e. The van der Waals surface area contributed by atoms with Gasteiger partial charge in [-0.3, -0.25) is 9.78 Å². The molecule has 0 bridgehead atoms. The third-order valence-corrected chi connectivity index (χ3v) is 4.69. The molecule has 5 nitrogen and oxygen atoms in total. The van der Waals surface area contributed by atoms with E-state index in [0.29, 0.717) is 11.7 Å². The number of anilines is 2. The second-order valence-corrected chi connectivity index (χ2v) is 7.10. The first-order chi connectivity index (χ1) is 14.1. The fraction of sp³-hybridized carbons (Fsp3) is 0.174. The van der Waals surface area contributed by atoms with Gasteiger partial charge >= 0.3 is 0 Å². The van der Waals surface area contributed by atoms with E-state index in [0.717, 1.165) is 29.9 Å². The predicted molar refractivity (Wildman–Crippen MR) is 122 cm³/mol. The molecule has 3 rings (SSSR count). The average molecular weight is 405 g/mol. The number of aromatic nitrogens is 1. The van der Waals surface area contributed by atoms with Gasteiger partial charge in [-0.1, -0.05) is 42.5 Å². The Hall–Kier alpha value is -3.25. The summed E-state index contributed by atoms with van der Waals surface area (Å²) in [6.45, 7) is 2.93. The van der Waals surface area contributed by atoms with E-state index in [1.54, 1.807) is 6.20 Å². The van der Waals surface area contributed by atoms with Crippen LogP contribution in [-0.2, 0) is 17.8 Å². The number of pyridine rings is 1. The molecule has 0 aliphatic carbocycles. The second-order valence-electron chi connectivity index (χ2n) is 6.71. The summed E-state index contributed by atoms with van der Waals surface area (Å²) in [5.74, 6) is -0.106. The molecule has 3 aromatic rings. The molecule has 0 radical (unpaired) electrons. The first-order valence-electron chi connectivity index (χ1n) is 9.46. The number of nitrogens with one attached hydrogen (secondary N) is 2. The standard InChI is InChI=1S/C23H24N4OS/c1-18(28)25-21-10-5-11-22(15-21)26-23(29)27(17-20-9-6-13-24-16-20)14-12-19-7-3-2-4-8-19/h2-11,13,15-16H,12,14,17H2,1H3,(H,25,28)(H,26,29). The number of thiocarbonyl (C=S) groups is 1. The van der Waals surface area contributed by atoms with Gasteiger partial charge in [0.2, 0.25) is 5.91 Å². The van der Waals surface area contributed by atoms with Crippen LogP contribution in [0.1, 0.15) is 18.1 Å². The van der Waals surface area contributed by atoms with E-state index in [4.69, 9.17) is 12.2 Å². The third-order valence-electron chi connectivity index (χ3n) is 4.33. The van der Waals surface area contributed by atoms with Crippen LogP contribution >= 0.6 is 12.2 Å². The maximum Gasteiger partial charge on any atom is 0.221 e. The van der Waals surface area contributed by atoms with Gasteiger partial charge in [-0.2, -0.15) is 0 Å². The minimum absolute atomic E-state index is 0.106. The molecule has 1 aromatic heterocycles. The van der Waals surface area contributed by atoms with Crippen molar-refractivity contribution in [1.29, 1.82) is 0 Å². The lowest BCUT2D eigenvalue weighted by Crippen LogP contribution is -2.36. The van der Waals surface area contributed by atoms with Crippen molar-refractivity contribution in [2.45, 2.75) is 19.9 Å². The molecule has 2 N–H and O–H groups in total. The molecule has 0 saturated heterocycles. The molecule has 0 atom stereocenters. The van der Waals surface area contributed by atoms with Crippen LogP contribution in [0.15, 0.2) is 79.1 Å².